The van der Waals surface area contributed by atoms with Gasteiger partial charge < -0.3 is 8.98 Å². The second-order valence-corrected chi connectivity index (χ2v) is 15.7. The Labute approximate surface area is 287 Å². The predicted molar refractivity (Wildman–Crippen MR) is 207 cm³/mol. The first kappa shape index (κ1) is 27.7. The summed E-state index contributed by atoms with van der Waals surface area (Å²) in [6.45, 7) is 0. The molecule has 0 N–H and O–H groups in total. The summed E-state index contributed by atoms with van der Waals surface area (Å²) >= 11 is 0. The maximum atomic E-state index is 15.5. The van der Waals surface area contributed by atoms with E-state index in [9.17, 15) is 0 Å². The molecule has 3 heterocycles. The van der Waals surface area contributed by atoms with E-state index in [4.69, 9.17) is 9.40 Å². The fourth-order valence-corrected chi connectivity index (χ4v) is 11.3. The van der Waals surface area contributed by atoms with Gasteiger partial charge in [-0.2, -0.15) is 0 Å². The molecule has 0 fully saturated rings. The molecule has 0 saturated carbocycles. The summed E-state index contributed by atoms with van der Waals surface area (Å²) in [5, 5.41) is 9.19. The number of furan rings is 1. The molecule has 1 unspecified atom stereocenters. The van der Waals surface area contributed by atoms with E-state index in [1.54, 1.807) is 0 Å². The number of imidazole rings is 1. The lowest BCUT2D eigenvalue weighted by molar-refractivity contribution is 0.592. The van der Waals surface area contributed by atoms with Gasteiger partial charge in [-0.25, -0.2) is 4.98 Å². The third-order valence-electron chi connectivity index (χ3n) is 10.4. The molecule has 0 bridgehead atoms. The first-order valence-electron chi connectivity index (χ1n) is 16.8. The fourth-order valence-electron chi connectivity index (χ4n) is 8.29. The van der Waals surface area contributed by atoms with E-state index < -0.39 is 7.14 Å². The van der Waals surface area contributed by atoms with E-state index in [1.807, 2.05) is 78.9 Å². The van der Waals surface area contributed by atoms with Crippen molar-refractivity contribution in [3.63, 3.8) is 0 Å². The largest absolute Gasteiger partial charge is 0.456 e. The van der Waals surface area contributed by atoms with Crippen molar-refractivity contribution in [1.29, 1.82) is 0 Å². The molecular formula is C45H27N2O2P. The van der Waals surface area contributed by atoms with Crippen LogP contribution in [-0.2, 0) is 4.57 Å². The van der Waals surface area contributed by atoms with Crippen LogP contribution in [0.4, 0.5) is 0 Å². The van der Waals surface area contributed by atoms with Crippen LogP contribution in [-0.4, -0.2) is 9.55 Å². The monoisotopic (exact) mass is 658 g/mol. The van der Waals surface area contributed by atoms with E-state index in [0.29, 0.717) is 0 Å². The minimum Gasteiger partial charge on any atom is -0.456 e. The van der Waals surface area contributed by atoms with Crippen LogP contribution in [0.15, 0.2) is 168 Å². The van der Waals surface area contributed by atoms with Gasteiger partial charge in [-0.1, -0.05) is 121 Å². The summed E-state index contributed by atoms with van der Waals surface area (Å²) in [5.41, 5.74) is 7.71. The lowest BCUT2D eigenvalue weighted by Gasteiger charge is -2.29. The van der Waals surface area contributed by atoms with Crippen LogP contribution in [0.5, 0.6) is 0 Å². The van der Waals surface area contributed by atoms with Crippen LogP contribution < -0.4 is 15.9 Å². The highest BCUT2D eigenvalue weighted by molar-refractivity contribution is 7.86. The summed E-state index contributed by atoms with van der Waals surface area (Å²) in [6, 6.07) is 56.2. The molecule has 0 aliphatic carbocycles. The maximum Gasteiger partial charge on any atom is 0.175 e. The Balaban J connectivity index is 1.25. The molecule has 11 rings (SSSR count). The second-order valence-electron chi connectivity index (χ2n) is 13.0. The van der Waals surface area contributed by atoms with Gasteiger partial charge in [-0.15, -0.1) is 0 Å². The number of rotatable bonds is 3. The molecule has 0 spiro atoms. The van der Waals surface area contributed by atoms with Crippen LogP contribution in [0.25, 0.3) is 82.7 Å². The van der Waals surface area contributed by atoms with E-state index >= 15 is 4.57 Å². The van der Waals surface area contributed by atoms with E-state index in [1.165, 1.54) is 0 Å². The summed E-state index contributed by atoms with van der Waals surface area (Å²) in [4.78, 5) is 5.41. The number of hydrogen-bond donors (Lipinski definition) is 0. The number of aromatic nitrogens is 2. The van der Waals surface area contributed by atoms with Gasteiger partial charge in [0.1, 0.15) is 17.0 Å². The van der Waals surface area contributed by atoms with Gasteiger partial charge in [-0.05, 0) is 75.1 Å². The molecule has 1 aliphatic heterocycles. The number of nitrogens with zero attached hydrogens (tertiary/aromatic N) is 2. The predicted octanol–water partition coefficient (Wildman–Crippen LogP) is 10.5. The van der Waals surface area contributed by atoms with Crippen molar-refractivity contribution < 1.29 is 8.98 Å². The number of hydrogen-bond acceptors (Lipinski definition) is 3. The highest BCUT2D eigenvalue weighted by Crippen LogP contribution is 2.51. The van der Waals surface area contributed by atoms with Crippen LogP contribution in [0.2, 0.25) is 0 Å². The van der Waals surface area contributed by atoms with Crippen molar-refractivity contribution in [2.45, 2.75) is 0 Å². The van der Waals surface area contributed by atoms with E-state index in [2.05, 4.69) is 89.5 Å². The smallest absolute Gasteiger partial charge is 0.175 e. The van der Waals surface area contributed by atoms with Crippen LogP contribution in [0.3, 0.4) is 0 Å². The minimum absolute atomic E-state index is 0.822. The van der Waals surface area contributed by atoms with Crippen LogP contribution in [0, 0.1) is 0 Å². The van der Waals surface area contributed by atoms with Gasteiger partial charge in [0, 0.05) is 32.2 Å². The molecule has 0 radical (unpaired) electrons. The molecule has 5 heteroatoms. The zero-order chi connectivity index (χ0) is 33.0. The Morgan fingerprint density at radius 1 is 0.500 bits per heavy atom. The normalized spacial score (nSPS) is 15.4. The zero-order valence-electron chi connectivity index (χ0n) is 26.7. The summed E-state index contributed by atoms with van der Waals surface area (Å²) in [6.07, 6.45) is 0. The Morgan fingerprint density at radius 2 is 1.10 bits per heavy atom. The van der Waals surface area contributed by atoms with Gasteiger partial charge >= 0.3 is 0 Å². The van der Waals surface area contributed by atoms with Gasteiger partial charge in [0.15, 0.2) is 7.14 Å². The van der Waals surface area contributed by atoms with Gasteiger partial charge in [0.2, 0.25) is 0 Å². The average Bonchev–Trinajstić information content (AvgIpc) is 3.75. The third-order valence-corrected chi connectivity index (χ3v) is 13.5. The first-order valence-corrected chi connectivity index (χ1v) is 18.5. The maximum absolute atomic E-state index is 15.5. The number of benzene rings is 8. The number of para-hydroxylation sites is 3. The summed E-state index contributed by atoms with van der Waals surface area (Å²) < 4.78 is 24.2. The standard InChI is InChI=1S/C45H27N2O2P/c48-50(29-13-2-1-3-14-29)40-23-11-9-21-37(40)47-44-36(20-12-24-41(44)50)46-45(47)43-34-18-6-4-16-32(34)42(33-17-5-7-19-35(33)43)28-25-26-31-30-15-8-10-22-38(30)49-39(31)27-28/h1-27H. The topological polar surface area (TPSA) is 48.0 Å². The zero-order valence-corrected chi connectivity index (χ0v) is 27.6. The van der Waals surface area contributed by atoms with Crippen molar-refractivity contribution in [3.8, 4) is 28.2 Å². The fraction of sp³-hybridized carbons (Fsp3) is 0. The van der Waals surface area contributed by atoms with Crippen molar-refractivity contribution in [2.75, 3.05) is 0 Å². The van der Waals surface area contributed by atoms with E-state index in [0.717, 1.165) is 98.6 Å². The molecule has 4 nitrogen and oxygen atoms in total. The SMILES string of the molecule is O=P1(c2ccccc2)c2ccccc2-n2c(-c3c4ccccc4c(-c4ccc5c(c4)oc4ccccc45)c4ccccc34)nc3cccc1c32. The van der Waals surface area contributed by atoms with Crippen molar-refractivity contribution >= 4 is 77.6 Å². The molecule has 234 valence electrons. The average molecular weight is 659 g/mol. The summed E-state index contributed by atoms with van der Waals surface area (Å²) in [7, 11) is -3.19. The molecule has 0 amide bonds. The van der Waals surface area contributed by atoms with Crippen LogP contribution >= 0.6 is 7.14 Å². The molecule has 1 aliphatic rings. The molecule has 10 aromatic rings. The third kappa shape index (κ3) is 3.61. The second kappa shape index (κ2) is 10.1. The van der Waals surface area contributed by atoms with Gasteiger partial charge in [-0.3, -0.25) is 4.57 Å². The van der Waals surface area contributed by atoms with E-state index in [-0.39, 0.29) is 0 Å². The lowest BCUT2D eigenvalue weighted by atomic mass is 9.88. The Bertz CT molecular complexity index is 3020. The Kier molecular flexibility index (Phi) is 5.62. The molecule has 8 aromatic carbocycles. The first-order chi connectivity index (χ1) is 24.7. The van der Waals surface area contributed by atoms with Crippen molar-refractivity contribution in [1.82, 2.24) is 9.55 Å². The molecule has 1 atom stereocenters. The summed E-state index contributed by atoms with van der Waals surface area (Å²) in [5.74, 6) is 0.839. The Hall–Kier alpha value is -6.22. The molecule has 50 heavy (non-hydrogen) atoms. The highest BCUT2D eigenvalue weighted by atomic mass is 31.2. The quantitative estimate of drug-likeness (QED) is 0.140. The minimum atomic E-state index is -3.19. The van der Waals surface area contributed by atoms with Crippen molar-refractivity contribution in [3.05, 3.63) is 164 Å². The highest BCUT2D eigenvalue weighted by Gasteiger charge is 2.40. The lowest BCUT2D eigenvalue weighted by Crippen LogP contribution is -2.32. The van der Waals surface area contributed by atoms with Crippen LogP contribution in [0.1, 0.15) is 0 Å². The van der Waals surface area contributed by atoms with Gasteiger partial charge in [0.05, 0.1) is 16.7 Å². The number of fused-ring (bicyclic) bond motifs is 7. The Morgan fingerprint density at radius 3 is 1.86 bits per heavy atom. The molecule has 0 saturated heterocycles. The van der Waals surface area contributed by atoms with Crippen molar-refractivity contribution in [2.24, 2.45) is 0 Å². The molecule has 2 aromatic heterocycles. The molecular weight excluding hydrogens is 631 g/mol. The van der Waals surface area contributed by atoms with Gasteiger partial charge in [0.25, 0.3) is 0 Å².